The number of aryl methyl sites for hydroxylation is 2. The molecule has 0 unspecified atom stereocenters. The summed E-state index contributed by atoms with van der Waals surface area (Å²) >= 11 is 0. The number of nitrogens with zero attached hydrogens (tertiary/aromatic N) is 1. The van der Waals surface area contributed by atoms with Crippen LogP contribution >= 0.6 is 0 Å². The highest BCUT2D eigenvalue weighted by molar-refractivity contribution is 5.87. The van der Waals surface area contributed by atoms with Gasteiger partial charge in [0.05, 0.1) is 20.8 Å². The van der Waals surface area contributed by atoms with Crippen molar-refractivity contribution in [1.29, 1.82) is 0 Å². The zero-order valence-electron chi connectivity index (χ0n) is 20.9. The van der Waals surface area contributed by atoms with Gasteiger partial charge in [0, 0.05) is 41.6 Å². The zero-order chi connectivity index (χ0) is 25.1. The molecule has 1 aliphatic heterocycles. The van der Waals surface area contributed by atoms with Crippen LogP contribution in [-0.4, -0.2) is 38.4 Å². The molecule has 0 fully saturated rings. The summed E-state index contributed by atoms with van der Waals surface area (Å²) in [6.07, 6.45) is 0.415. The van der Waals surface area contributed by atoms with E-state index in [4.69, 9.17) is 23.4 Å². The van der Waals surface area contributed by atoms with Crippen LogP contribution in [-0.2, 0) is 29.0 Å². The van der Waals surface area contributed by atoms with Gasteiger partial charge in [-0.05, 0) is 56.5 Å². The molecule has 0 atom stereocenters. The van der Waals surface area contributed by atoms with Crippen LogP contribution < -0.4 is 19.8 Å². The van der Waals surface area contributed by atoms with Crippen molar-refractivity contribution in [2.45, 2.75) is 46.7 Å². The lowest BCUT2D eigenvalue weighted by molar-refractivity contribution is -0.143. The molecule has 0 N–H and O–H groups in total. The van der Waals surface area contributed by atoms with E-state index in [0.29, 0.717) is 49.1 Å². The molecular weight excluding hydrogens is 450 g/mol. The minimum Gasteiger partial charge on any atom is -0.493 e. The van der Waals surface area contributed by atoms with Gasteiger partial charge < -0.3 is 23.4 Å². The Hall–Kier alpha value is -3.52. The zero-order valence-corrected chi connectivity index (χ0v) is 20.9. The van der Waals surface area contributed by atoms with Gasteiger partial charge in [0.2, 0.25) is 0 Å². The van der Waals surface area contributed by atoms with Gasteiger partial charge in [-0.25, -0.2) is 4.79 Å². The van der Waals surface area contributed by atoms with E-state index in [1.807, 2.05) is 38.1 Å². The van der Waals surface area contributed by atoms with Crippen molar-refractivity contribution < 1.29 is 28.2 Å². The normalized spacial score (nSPS) is 13.3. The molecule has 2 heterocycles. The Morgan fingerprint density at radius 3 is 2.57 bits per heavy atom. The maximum atomic E-state index is 12.7. The number of fused-ring (bicyclic) bond motifs is 2. The predicted octanol–water partition coefficient (Wildman–Crippen LogP) is 4.27. The topological polar surface area (TPSA) is 87.4 Å². The Bertz CT molecular complexity index is 1310. The second-order valence-electron chi connectivity index (χ2n) is 8.61. The van der Waals surface area contributed by atoms with Crippen LogP contribution in [0.15, 0.2) is 33.5 Å². The van der Waals surface area contributed by atoms with E-state index in [1.165, 1.54) is 0 Å². The number of hydrogen-bond donors (Lipinski definition) is 0. The standard InChI is InChI=1S/C27H31NO7/c1-6-33-24(29)10-8-20-16(2)21-12-19-14-28(13-18-7-9-22(31-4)23(11-18)32-5)15-34-25(19)17(3)26(21)35-27(20)30/h7,9,11-12H,6,8,10,13-15H2,1-5H3. The maximum absolute atomic E-state index is 12.7. The molecule has 0 saturated carbocycles. The Balaban J connectivity index is 1.62. The second kappa shape index (κ2) is 10.4. The third-order valence-electron chi connectivity index (χ3n) is 6.36. The molecule has 4 rings (SSSR count). The fraction of sp³-hybridized carbons (Fsp3) is 0.407. The predicted molar refractivity (Wildman–Crippen MR) is 131 cm³/mol. The Morgan fingerprint density at radius 1 is 1.09 bits per heavy atom. The largest absolute Gasteiger partial charge is 0.493 e. The van der Waals surface area contributed by atoms with E-state index in [2.05, 4.69) is 4.90 Å². The highest BCUT2D eigenvalue weighted by Crippen LogP contribution is 2.37. The van der Waals surface area contributed by atoms with Gasteiger partial charge in [0.1, 0.15) is 18.1 Å². The molecule has 0 amide bonds. The average Bonchev–Trinajstić information content (AvgIpc) is 2.85. The monoisotopic (exact) mass is 481 g/mol. The molecule has 8 heteroatoms. The van der Waals surface area contributed by atoms with Gasteiger partial charge >= 0.3 is 11.6 Å². The number of hydrogen-bond acceptors (Lipinski definition) is 8. The molecule has 3 aromatic rings. The fourth-order valence-corrected chi connectivity index (χ4v) is 4.58. The van der Waals surface area contributed by atoms with Crippen LogP contribution in [0.2, 0.25) is 0 Å². The summed E-state index contributed by atoms with van der Waals surface area (Å²) in [6.45, 7) is 7.64. The van der Waals surface area contributed by atoms with Crippen molar-refractivity contribution >= 4 is 16.9 Å². The van der Waals surface area contributed by atoms with Gasteiger partial charge in [0.25, 0.3) is 0 Å². The summed E-state index contributed by atoms with van der Waals surface area (Å²) in [5.74, 6) is 1.80. The molecular formula is C27H31NO7. The lowest BCUT2D eigenvalue weighted by atomic mass is 9.97. The van der Waals surface area contributed by atoms with Gasteiger partial charge in [-0.3, -0.25) is 9.69 Å². The fourth-order valence-electron chi connectivity index (χ4n) is 4.58. The van der Waals surface area contributed by atoms with Crippen LogP contribution in [0.1, 0.15) is 41.2 Å². The first-order valence-corrected chi connectivity index (χ1v) is 11.7. The molecule has 8 nitrogen and oxygen atoms in total. The van der Waals surface area contributed by atoms with Gasteiger partial charge in [-0.1, -0.05) is 6.07 Å². The molecule has 0 bridgehead atoms. The molecule has 2 aromatic carbocycles. The van der Waals surface area contributed by atoms with Crippen molar-refractivity contribution in [2.24, 2.45) is 0 Å². The Labute approximate surface area is 204 Å². The van der Waals surface area contributed by atoms with Gasteiger partial charge in [0.15, 0.2) is 11.5 Å². The van der Waals surface area contributed by atoms with Crippen molar-refractivity contribution in [3.05, 3.63) is 62.5 Å². The van der Waals surface area contributed by atoms with Crippen LogP contribution in [0.4, 0.5) is 0 Å². The van der Waals surface area contributed by atoms with Crippen LogP contribution in [0.5, 0.6) is 17.2 Å². The minimum atomic E-state index is -0.423. The van der Waals surface area contributed by atoms with Gasteiger partial charge in [-0.15, -0.1) is 0 Å². The number of rotatable bonds is 8. The Morgan fingerprint density at radius 2 is 1.86 bits per heavy atom. The lowest BCUT2D eigenvalue weighted by Gasteiger charge is -2.30. The summed E-state index contributed by atoms with van der Waals surface area (Å²) in [6, 6.07) is 7.91. The van der Waals surface area contributed by atoms with E-state index in [1.54, 1.807) is 21.1 Å². The molecule has 0 radical (unpaired) electrons. The van der Waals surface area contributed by atoms with Crippen molar-refractivity contribution in [2.75, 3.05) is 27.6 Å². The molecule has 35 heavy (non-hydrogen) atoms. The third kappa shape index (κ3) is 4.98. The number of carbonyl (C=O) groups is 1. The number of carbonyl (C=O) groups excluding carboxylic acids is 1. The van der Waals surface area contributed by atoms with Gasteiger partial charge in [-0.2, -0.15) is 0 Å². The molecule has 0 spiro atoms. The summed E-state index contributed by atoms with van der Waals surface area (Å²) in [7, 11) is 3.24. The second-order valence-corrected chi connectivity index (χ2v) is 8.61. The first kappa shape index (κ1) is 24.6. The lowest BCUT2D eigenvalue weighted by Crippen LogP contribution is -2.32. The van der Waals surface area contributed by atoms with E-state index in [-0.39, 0.29) is 18.8 Å². The average molecular weight is 482 g/mol. The third-order valence-corrected chi connectivity index (χ3v) is 6.36. The van der Waals surface area contributed by atoms with Crippen LogP contribution in [0, 0.1) is 13.8 Å². The Kier molecular flexibility index (Phi) is 7.31. The molecule has 1 aromatic heterocycles. The van der Waals surface area contributed by atoms with Crippen molar-refractivity contribution in [3.8, 4) is 17.2 Å². The van der Waals surface area contributed by atoms with Crippen LogP contribution in [0.3, 0.4) is 0 Å². The number of ether oxygens (including phenoxy) is 4. The summed E-state index contributed by atoms with van der Waals surface area (Å²) in [5.41, 5.74) is 4.34. The van der Waals surface area contributed by atoms with E-state index < -0.39 is 5.63 Å². The highest BCUT2D eigenvalue weighted by atomic mass is 16.5. The summed E-state index contributed by atoms with van der Waals surface area (Å²) < 4.78 is 27.6. The number of esters is 1. The summed E-state index contributed by atoms with van der Waals surface area (Å²) in [4.78, 5) is 26.7. The first-order chi connectivity index (χ1) is 16.9. The summed E-state index contributed by atoms with van der Waals surface area (Å²) in [5, 5.41) is 0.858. The minimum absolute atomic E-state index is 0.136. The molecule has 0 aliphatic carbocycles. The highest BCUT2D eigenvalue weighted by Gasteiger charge is 2.24. The smallest absolute Gasteiger partial charge is 0.339 e. The first-order valence-electron chi connectivity index (χ1n) is 11.7. The number of methoxy groups -OCH3 is 2. The van der Waals surface area contributed by atoms with Crippen LogP contribution in [0.25, 0.3) is 11.0 Å². The SMILES string of the molecule is CCOC(=O)CCc1c(C)c2cc3c(c(C)c2oc1=O)OCN(Cc1ccc(OC)c(OC)c1)C3. The number of benzene rings is 2. The quantitative estimate of drug-likeness (QED) is 0.348. The van der Waals surface area contributed by atoms with Crippen molar-refractivity contribution in [3.63, 3.8) is 0 Å². The molecule has 0 saturated heterocycles. The maximum Gasteiger partial charge on any atom is 0.339 e. The van der Waals surface area contributed by atoms with Crippen molar-refractivity contribution in [1.82, 2.24) is 4.90 Å². The van der Waals surface area contributed by atoms with E-state index in [0.717, 1.165) is 33.4 Å². The molecule has 186 valence electrons. The van der Waals surface area contributed by atoms with E-state index in [9.17, 15) is 9.59 Å². The van der Waals surface area contributed by atoms with E-state index >= 15 is 0 Å². The molecule has 1 aliphatic rings.